The summed E-state index contributed by atoms with van der Waals surface area (Å²) in [6, 6.07) is 17.9. The molecule has 0 aliphatic heterocycles. The van der Waals surface area contributed by atoms with Crippen molar-refractivity contribution in [2.24, 2.45) is 0 Å². The molecular weight excluding hydrogens is 294 g/mol. The van der Waals surface area contributed by atoms with Crippen LogP contribution in [0.3, 0.4) is 0 Å². The van der Waals surface area contributed by atoms with Crippen molar-refractivity contribution in [1.82, 2.24) is 5.32 Å². The Kier molecular flexibility index (Phi) is 5.75. The quantitative estimate of drug-likeness (QED) is 0.853. The summed E-state index contributed by atoms with van der Waals surface area (Å²) < 4.78 is 23.4. The summed E-state index contributed by atoms with van der Waals surface area (Å²) in [5, 5.41) is 3.38. The molecular formula is C18H23NO2S. The first-order valence-electron chi connectivity index (χ1n) is 7.52. The van der Waals surface area contributed by atoms with Crippen molar-refractivity contribution >= 4 is 9.84 Å². The lowest BCUT2D eigenvalue weighted by atomic mass is 10.1. The monoisotopic (exact) mass is 317 g/mol. The van der Waals surface area contributed by atoms with Crippen molar-refractivity contribution in [2.45, 2.75) is 25.9 Å². The van der Waals surface area contributed by atoms with Gasteiger partial charge in [0.2, 0.25) is 0 Å². The van der Waals surface area contributed by atoms with Crippen LogP contribution in [0.1, 0.15) is 29.7 Å². The number of aryl methyl sites for hydroxylation is 1. The van der Waals surface area contributed by atoms with E-state index in [-0.39, 0.29) is 11.8 Å². The maximum Gasteiger partial charge on any atom is 0.149 e. The fraction of sp³-hybridized carbons (Fsp3) is 0.333. The van der Waals surface area contributed by atoms with E-state index in [0.717, 1.165) is 12.0 Å². The minimum absolute atomic E-state index is 0.102. The molecule has 4 heteroatoms. The molecule has 2 aromatic rings. The second-order valence-corrected chi connectivity index (χ2v) is 7.79. The third kappa shape index (κ3) is 5.28. The Balaban J connectivity index is 2.12. The SMILES string of the molecule is CCc1cccc(CNC(CS(C)(=O)=O)c2ccccc2)c1. The molecule has 0 aliphatic carbocycles. The second-order valence-electron chi connectivity index (χ2n) is 5.61. The highest BCUT2D eigenvalue weighted by atomic mass is 32.2. The van der Waals surface area contributed by atoms with Crippen molar-refractivity contribution in [2.75, 3.05) is 12.0 Å². The van der Waals surface area contributed by atoms with E-state index in [9.17, 15) is 8.42 Å². The van der Waals surface area contributed by atoms with Crippen molar-refractivity contribution in [3.8, 4) is 0 Å². The lowest BCUT2D eigenvalue weighted by Crippen LogP contribution is -2.27. The highest BCUT2D eigenvalue weighted by Gasteiger charge is 2.16. The van der Waals surface area contributed by atoms with Crippen LogP contribution in [0.4, 0.5) is 0 Å². The van der Waals surface area contributed by atoms with Crippen LogP contribution in [0.25, 0.3) is 0 Å². The third-order valence-corrected chi connectivity index (χ3v) is 4.56. The van der Waals surface area contributed by atoms with Gasteiger partial charge < -0.3 is 5.32 Å². The summed E-state index contributed by atoms with van der Waals surface area (Å²) in [6.45, 7) is 2.78. The molecule has 0 saturated carbocycles. The van der Waals surface area contributed by atoms with Gasteiger partial charge in [-0.25, -0.2) is 8.42 Å². The average molecular weight is 317 g/mol. The first-order chi connectivity index (χ1) is 10.5. The molecule has 0 heterocycles. The molecule has 0 amide bonds. The Morgan fingerprint density at radius 2 is 1.68 bits per heavy atom. The van der Waals surface area contributed by atoms with E-state index in [1.807, 2.05) is 36.4 Å². The first kappa shape index (κ1) is 16.7. The zero-order valence-electron chi connectivity index (χ0n) is 13.1. The van der Waals surface area contributed by atoms with Crippen molar-refractivity contribution in [3.05, 3.63) is 71.3 Å². The summed E-state index contributed by atoms with van der Waals surface area (Å²) >= 11 is 0. The minimum Gasteiger partial charge on any atom is -0.305 e. The number of hydrogen-bond donors (Lipinski definition) is 1. The van der Waals surface area contributed by atoms with Crippen LogP contribution in [0.2, 0.25) is 0 Å². The zero-order chi connectivity index (χ0) is 16.0. The topological polar surface area (TPSA) is 46.2 Å². The molecule has 1 N–H and O–H groups in total. The van der Waals surface area contributed by atoms with Gasteiger partial charge in [0.1, 0.15) is 9.84 Å². The van der Waals surface area contributed by atoms with Crippen LogP contribution < -0.4 is 5.32 Å². The maximum absolute atomic E-state index is 11.7. The average Bonchev–Trinajstić information content (AvgIpc) is 2.51. The van der Waals surface area contributed by atoms with E-state index < -0.39 is 9.84 Å². The summed E-state index contributed by atoms with van der Waals surface area (Å²) in [4.78, 5) is 0. The molecule has 0 spiro atoms. The molecule has 0 saturated heterocycles. The van der Waals surface area contributed by atoms with Gasteiger partial charge in [-0.3, -0.25) is 0 Å². The molecule has 0 radical (unpaired) electrons. The van der Waals surface area contributed by atoms with Crippen LogP contribution in [-0.2, 0) is 22.8 Å². The van der Waals surface area contributed by atoms with Crippen LogP contribution in [0.5, 0.6) is 0 Å². The van der Waals surface area contributed by atoms with Crippen molar-refractivity contribution in [1.29, 1.82) is 0 Å². The lowest BCUT2D eigenvalue weighted by molar-refractivity contribution is 0.550. The standard InChI is InChI=1S/C18H23NO2S/c1-3-15-8-7-9-16(12-15)13-19-18(14-22(2,20)21)17-10-5-4-6-11-17/h4-12,18-19H,3,13-14H2,1-2H3. The number of sulfone groups is 1. The van der Waals surface area contributed by atoms with E-state index in [0.29, 0.717) is 6.54 Å². The van der Waals surface area contributed by atoms with Gasteiger partial charge in [0.15, 0.2) is 0 Å². The highest BCUT2D eigenvalue weighted by molar-refractivity contribution is 7.90. The van der Waals surface area contributed by atoms with Gasteiger partial charge in [0.25, 0.3) is 0 Å². The van der Waals surface area contributed by atoms with E-state index in [1.54, 1.807) is 0 Å². The first-order valence-corrected chi connectivity index (χ1v) is 9.58. The predicted molar refractivity (Wildman–Crippen MR) is 91.6 cm³/mol. The van der Waals surface area contributed by atoms with Crippen molar-refractivity contribution in [3.63, 3.8) is 0 Å². The van der Waals surface area contributed by atoms with E-state index in [2.05, 4.69) is 30.4 Å². The molecule has 118 valence electrons. The molecule has 0 aliphatic rings. The minimum atomic E-state index is -3.05. The maximum atomic E-state index is 11.7. The van der Waals surface area contributed by atoms with Gasteiger partial charge in [-0.2, -0.15) is 0 Å². The summed E-state index contributed by atoms with van der Waals surface area (Å²) in [6.07, 6.45) is 2.28. The smallest absolute Gasteiger partial charge is 0.149 e. The van der Waals surface area contributed by atoms with Gasteiger partial charge in [0.05, 0.1) is 5.75 Å². The number of rotatable bonds is 7. The Labute approximate surface area is 133 Å². The van der Waals surface area contributed by atoms with Gasteiger partial charge >= 0.3 is 0 Å². The molecule has 1 unspecified atom stereocenters. The summed E-state index contributed by atoms with van der Waals surface area (Å²) in [7, 11) is -3.05. The Morgan fingerprint density at radius 1 is 1.00 bits per heavy atom. The number of benzene rings is 2. The van der Waals surface area contributed by atoms with Crippen LogP contribution in [-0.4, -0.2) is 20.4 Å². The van der Waals surface area contributed by atoms with E-state index >= 15 is 0 Å². The van der Waals surface area contributed by atoms with Crippen molar-refractivity contribution < 1.29 is 8.42 Å². The fourth-order valence-corrected chi connectivity index (χ4v) is 3.38. The number of hydrogen-bond acceptors (Lipinski definition) is 3. The summed E-state index contributed by atoms with van der Waals surface area (Å²) in [5.41, 5.74) is 3.46. The van der Waals surface area contributed by atoms with Crippen LogP contribution in [0, 0.1) is 0 Å². The summed E-state index contributed by atoms with van der Waals surface area (Å²) in [5.74, 6) is 0.102. The van der Waals surface area contributed by atoms with Gasteiger partial charge in [0, 0.05) is 18.8 Å². The van der Waals surface area contributed by atoms with Gasteiger partial charge in [-0.05, 0) is 23.1 Å². The van der Waals surface area contributed by atoms with Crippen LogP contribution >= 0.6 is 0 Å². The van der Waals surface area contributed by atoms with Gasteiger partial charge in [-0.1, -0.05) is 61.5 Å². The lowest BCUT2D eigenvalue weighted by Gasteiger charge is -2.18. The van der Waals surface area contributed by atoms with Gasteiger partial charge in [-0.15, -0.1) is 0 Å². The third-order valence-electron chi connectivity index (χ3n) is 3.62. The molecule has 1 atom stereocenters. The highest BCUT2D eigenvalue weighted by Crippen LogP contribution is 2.16. The Bertz CT molecular complexity index is 696. The molecule has 0 bridgehead atoms. The molecule has 3 nitrogen and oxygen atoms in total. The molecule has 0 fully saturated rings. The second kappa shape index (κ2) is 7.56. The molecule has 22 heavy (non-hydrogen) atoms. The number of nitrogens with one attached hydrogen (secondary N) is 1. The zero-order valence-corrected chi connectivity index (χ0v) is 13.9. The normalized spacial score (nSPS) is 13.0. The predicted octanol–water partition coefficient (Wildman–Crippen LogP) is 3.12. The Hall–Kier alpha value is -1.65. The van der Waals surface area contributed by atoms with E-state index in [1.165, 1.54) is 17.4 Å². The van der Waals surface area contributed by atoms with E-state index in [4.69, 9.17) is 0 Å². The molecule has 2 aromatic carbocycles. The Morgan fingerprint density at radius 3 is 2.32 bits per heavy atom. The molecule has 0 aromatic heterocycles. The van der Waals surface area contributed by atoms with Crippen LogP contribution in [0.15, 0.2) is 54.6 Å². The largest absolute Gasteiger partial charge is 0.305 e. The molecule has 2 rings (SSSR count). The fourth-order valence-electron chi connectivity index (χ4n) is 2.46.